The van der Waals surface area contributed by atoms with Crippen LogP contribution < -0.4 is 14.8 Å². The molecule has 0 heterocycles. The third kappa shape index (κ3) is 3.63. The largest absolute Gasteiger partial charge is 0.497 e. The number of hydrogen-bond acceptors (Lipinski definition) is 3. The molecule has 0 amide bonds. The van der Waals surface area contributed by atoms with Crippen LogP contribution in [-0.2, 0) is 0 Å². The van der Waals surface area contributed by atoms with Crippen molar-refractivity contribution in [2.75, 3.05) is 20.8 Å². The molecule has 0 aliphatic rings. The molecule has 0 saturated heterocycles. The second kappa shape index (κ2) is 6.50. The van der Waals surface area contributed by atoms with E-state index in [1.807, 2.05) is 6.07 Å². The third-order valence-electron chi connectivity index (χ3n) is 2.82. The molecule has 0 aromatic heterocycles. The Balaban J connectivity index is 3.08. The number of rotatable bonds is 6. The van der Waals surface area contributed by atoms with E-state index in [-0.39, 0.29) is 0 Å². The van der Waals surface area contributed by atoms with Gasteiger partial charge in [0.15, 0.2) is 0 Å². The van der Waals surface area contributed by atoms with Gasteiger partial charge in [-0.25, -0.2) is 0 Å². The zero-order valence-corrected chi connectivity index (χ0v) is 11.4. The molecule has 0 aliphatic carbocycles. The summed E-state index contributed by atoms with van der Waals surface area (Å²) in [5.74, 6) is 2.19. The van der Waals surface area contributed by atoms with Crippen molar-refractivity contribution in [1.82, 2.24) is 5.32 Å². The first-order chi connectivity index (χ1) is 8.12. The summed E-state index contributed by atoms with van der Waals surface area (Å²) in [6.45, 7) is 7.48. The van der Waals surface area contributed by atoms with E-state index in [0.717, 1.165) is 18.0 Å². The average molecular weight is 237 g/mol. The van der Waals surface area contributed by atoms with Crippen LogP contribution in [0.5, 0.6) is 11.5 Å². The summed E-state index contributed by atoms with van der Waals surface area (Å²) in [6.07, 6.45) is 0. The van der Waals surface area contributed by atoms with Crippen LogP contribution in [0, 0.1) is 5.92 Å². The van der Waals surface area contributed by atoms with Crippen molar-refractivity contribution in [2.24, 2.45) is 5.92 Å². The van der Waals surface area contributed by atoms with Crippen molar-refractivity contribution < 1.29 is 9.47 Å². The Morgan fingerprint density at radius 3 is 1.94 bits per heavy atom. The lowest BCUT2D eigenvalue weighted by Crippen LogP contribution is -2.25. The van der Waals surface area contributed by atoms with Crippen LogP contribution in [0.25, 0.3) is 0 Å². The van der Waals surface area contributed by atoms with E-state index in [2.05, 4.69) is 38.2 Å². The minimum atomic E-state index is 0.323. The van der Waals surface area contributed by atoms with Crippen LogP contribution in [0.3, 0.4) is 0 Å². The van der Waals surface area contributed by atoms with Gasteiger partial charge >= 0.3 is 0 Å². The topological polar surface area (TPSA) is 30.5 Å². The van der Waals surface area contributed by atoms with Crippen molar-refractivity contribution in [2.45, 2.75) is 26.8 Å². The number of ether oxygens (including phenoxy) is 2. The number of methoxy groups -OCH3 is 2. The van der Waals surface area contributed by atoms with E-state index in [9.17, 15) is 0 Å². The fourth-order valence-electron chi connectivity index (χ4n) is 1.97. The van der Waals surface area contributed by atoms with Gasteiger partial charge in [0.25, 0.3) is 0 Å². The molecule has 0 saturated carbocycles. The Kier molecular flexibility index (Phi) is 5.29. The Hall–Kier alpha value is -1.22. The summed E-state index contributed by atoms with van der Waals surface area (Å²) in [5.41, 5.74) is 1.21. The molecule has 0 spiro atoms. The van der Waals surface area contributed by atoms with Crippen molar-refractivity contribution in [3.8, 4) is 11.5 Å². The highest BCUT2D eigenvalue weighted by atomic mass is 16.5. The summed E-state index contributed by atoms with van der Waals surface area (Å²) in [4.78, 5) is 0. The standard InChI is InChI=1S/C14H23NO2/c1-6-15-14(10(2)3)11-7-12(16-4)9-13(8-11)17-5/h7-10,14-15H,6H2,1-5H3. The van der Waals surface area contributed by atoms with Crippen LogP contribution in [-0.4, -0.2) is 20.8 Å². The molecule has 1 aromatic rings. The first-order valence-electron chi connectivity index (χ1n) is 6.08. The first-order valence-corrected chi connectivity index (χ1v) is 6.08. The molecular formula is C14H23NO2. The van der Waals surface area contributed by atoms with Gasteiger partial charge in [0.2, 0.25) is 0 Å². The number of hydrogen-bond donors (Lipinski definition) is 1. The molecule has 3 heteroatoms. The summed E-state index contributed by atoms with van der Waals surface area (Å²) in [5, 5.41) is 3.49. The highest BCUT2D eigenvalue weighted by Gasteiger charge is 2.16. The van der Waals surface area contributed by atoms with Gasteiger partial charge in [-0.1, -0.05) is 20.8 Å². The minimum absolute atomic E-state index is 0.323. The monoisotopic (exact) mass is 237 g/mol. The quantitative estimate of drug-likeness (QED) is 0.825. The van der Waals surface area contributed by atoms with Crippen LogP contribution >= 0.6 is 0 Å². The van der Waals surface area contributed by atoms with Crippen molar-refractivity contribution in [3.05, 3.63) is 23.8 Å². The molecule has 1 N–H and O–H groups in total. The van der Waals surface area contributed by atoms with Crippen LogP contribution in [0.1, 0.15) is 32.4 Å². The van der Waals surface area contributed by atoms with E-state index in [0.29, 0.717) is 12.0 Å². The van der Waals surface area contributed by atoms with Gasteiger partial charge in [-0.3, -0.25) is 0 Å². The Morgan fingerprint density at radius 2 is 1.59 bits per heavy atom. The highest BCUT2D eigenvalue weighted by Crippen LogP contribution is 2.29. The lowest BCUT2D eigenvalue weighted by molar-refractivity contribution is 0.384. The predicted molar refractivity (Wildman–Crippen MR) is 70.8 cm³/mol. The molecule has 96 valence electrons. The fourth-order valence-corrected chi connectivity index (χ4v) is 1.97. The summed E-state index contributed by atoms with van der Waals surface area (Å²) < 4.78 is 10.6. The normalized spacial score (nSPS) is 12.6. The molecule has 0 radical (unpaired) electrons. The zero-order chi connectivity index (χ0) is 12.8. The molecular weight excluding hydrogens is 214 g/mol. The molecule has 17 heavy (non-hydrogen) atoms. The Morgan fingerprint density at radius 1 is 1.06 bits per heavy atom. The molecule has 1 unspecified atom stereocenters. The maximum absolute atomic E-state index is 5.30. The van der Waals surface area contributed by atoms with E-state index in [4.69, 9.17) is 9.47 Å². The predicted octanol–water partition coefficient (Wildman–Crippen LogP) is 3.01. The van der Waals surface area contributed by atoms with Gasteiger partial charge < -0.3 is 14.8 Å². The Bertz CT molecular complexity index is 328. The van der Waals surface area contributed by atoms with E-state index >= 15 is 0 Å². The SMILES string of the molecule is CCNC(c1cc(OC)cc(OC)c1)C(C)C. The maximum atomic E-state index is 5.30. The molecule has 0 bridgehead atoms. The fraction of sp³-hybridized carbons (Fsp3) is 0.571. The van der Waals surface area contributed by atoms with Gasteiger partial charge in [0.1, 0.15) is 11.5 Å². The van der Waals surface area contributed by atoms with Gasteiger partial charge in [-0.2, -0.15) is 0 Å². The van der Waals surface area contributed by atoms with Gasteiger partial charge in [0, 0.05) is 12.1 Å². The average Bonchev–Trinajstić information content (AvgIpc) is 2.34. The Labute approximate surface area is 104 Å². The van der Waals surface area contributed by atoms with Crippen molar-refractivity contribution in [3.63, 3.8) is 0 Å². The highest BCUT2D eigenvalue weighted by molar-refractivity contribution is 5.40. The number of benzene rings is 1. The van der Waals surface area contributed by atoms with Crippen LogP contribution in [0.2, 0.25) is 0 Å². The van der Waals surface area contributed by atoms with Gasteiger partial charge in [0.05, 0.1) is 14.2 Å². The molecule has 1 atom stereocenters. The second-order valence-corrected chi connectivity index (χ2v) is 4.43. The first kappa shape index (κ1) is 13.8. The van der Waals surface area contributed by atoms with Gasteiger partial charge in [-0.05, 0) is 30.2 Å². The lowest BCUT2D eigenvalue weighted by Gasteiger charge is -2.23. The zero-order valence-electron chi connectivity index (χ0n) is 11.4. The third-order valence-corrected chi connectivity index (χ3v) is 2.82. The molecule has 1 aromatic carbocycles. The van der Waals surface area contributed by atoms with E-state index < -0.39 is 0 Å². The smallest absolute Gasteiger partial charge is 0.122 e. The summed E-state index contributed by atoms with van der Waals surface area (Å²) >= 11 is 0. The molecule has 1 rings (SSSR count). The van der Waals surface area contributed by atoms with Crippen molar-refractivity contribution >= 4 is 0 Å². The lowest BCUT2D eigenvalue weighted by atomic mass is 9.95. The molecule has 0 aliphatic heterocycles. The van der Waals surface area contributed by atoms with Crippen LogP contribution in [0.4, 0.5) is 0 Å². The van der Waals surface area contributed by atoms with Crippen molar-refractivity contribution in [1.29, 1.82) is 0 Å². The second-order valence-electron chi connectivity index (χ2n) is 4.43. The van der Waals surface area contributed by atoms with E-state index in [1.165, 1.54) is 5.56 Å². The molecule has 3 nitrogen and oxygen atoms in total. The molecule has 0 fully saturated rings. The summed E-state index contributed by atoms with van der Waals surface area (Å²) in [7, 11) is 3.35. The maximum Gasteiger partial charge on any atom is 0.122 e. The number of nitrogens with one attached hydrogen (secondary N) is 1. The van der Waals surface area contributed by atoms with Crippen LogP contribution in [0.15, 0.2) is 18.2 Å². The summed E-state index contributed by atoms with van der Waals surface area (Å²) in [6, 6.07) is 6.35. The minimum Gasteiger partial charge on any atom is -0.497 e. The van der Waals surface area contributed by atoms with Gasteiger partial charge in [-0.15, -0.1) is 0 Å². The van der Waals surface area contributed by atoms with E-state index in [1.54, 1.807) is 14.2 Å².